The number of carbonyl (C=O) groups is 2. The highest BCUT2D eigenvalue weighted by molar-refractivity contribution is 6.31. The number of amides is 1. The smallest absolute Gasteiger partial charge is 0.338 e. The molecule has 2 aromatic carbocycles. The molecule has 4 nitrogen and oxygen atoms in total. The van der Waals surface area contributed by atoms with E-state index in [-0.39, 0.29) is 17.1 Å². The van der Waals surface area contributed by atoms with Crippen molar-refractivity contribution in [3.63, 3.8) is 0 Å². The molecule has 0 saturated heterocycles. The van der Waals surface area contributed by atoms with E-state index in [1.54, 1.807) is 24.3 Å². The molecule has 0 atom stereocenters. The molecule has 0 bridgehead atoms. The minimum Gasteiger partial charge on any atom is -0.452 e. The summed E-state index contributed by atoms with van der Waals surface area (Å²) in [4.78, 5) is 23.4. The summed E-state index contributed by atoms with van der Waals surface area (Å²) in [6.07, 6.45) is 0. The summed E-state index contributed by atoms with van der Waals surface area (Å²) in [6.45, 7) is -0.239. The van der Waals surface area contributed by atoms with Crippen molar-refractivity contribution in [3.05, 3.63) is 69.5 Å². The summed E-state index contributed by atoms with van der Waals surface area (Å²) < 4.78 is 17.8. The van der Waals surface area contributed by atoms with Crippen LogP contribution in [0.15, 0.2) is 42.5 Å². The van der Waals surface area contributed by atoms with E-state index in [9.17, 15) is 14.0 Å². The second-order valence-electron chi connectivity index (χ2n) is 4.57. The predicted molar refractivity (Wildman–Crippen MR) is 85.0 cm³/mol. The van der Waals surface area contributed by atoms with Crippen LogP contribution in [-0.4, -0.2) is 18.5 Å². The lowest BCUT2D eigenvalue weighted by Gasteiger charge is -2.08. The van der Waals surface area contributed by atoms with Crippen LogP contribution in [0.1, 0.15) is 15.9 Å². The minimum absolute atomic E-state index is 0.0651. The number of nitrogens with one attached hydrogen (secondary N) is 1. The van der Waals surface area contributed by atoms with E-state index < -0.39 is 24.3 Å². The van der Waals surface area contributed by atoms with Crippen LogP contribution in [0.5, 0.6) is 0 Å². The molecular weight excluding hydrogens is 344 g/mol. The monoisotopic (exact) mass is 355 g/mol. The SMILES string of the molecule is O=C(COC(=O)c1ccc(F)c(Cl)c1)NCc1ccccc1Cl. The molecule has 0 radical (unpaired) electrons. The van der Waals surface area contributed by atoms with E-state index in [0.717, 1.165) is 17.7 Å². The van der Waals surface area contributed by atoms with E-state index in [1.165, 1.54) is 6.07 Å². The highest BCUT2D eigenvalue weighted by Crippen LogP contribution is 2.17. The molecule has 2 aromatic rings. The van der Waals surface area contributed by atoms with Crippen LogP contribution in [0.25, 0.3) is 0 Å². The zero-order valence-electron chi connectivity index (χ0n) is 11.8. The molecule has 0 aliphatic rings. The summed E-state index contributed by atoms with van der Waals surface area (Å²) in [5.74, 6) is -1.88. The number of rotatable bonds is 5. The van der Waals surface area contributed by atoms with E-state index in [1.807, 2.05) is 0 Å². The van der Waals surface area contributed by atoms with Crippen molar-refractivity contribution in [1.82, 2.24) is 5.32 Å². The van der Waals surface area contributed by atoms with Gasteiger partial charge in [-0.3, -0.25) is 4.79 Å². The van der Waals surface area contributed by atoms with Gasteiger partial charge in [0, 0.05) is 11.6 Å². The molecule has 0 aliphatic carbocycles. The summed E-state index contributed by atoms with van der Waals surface area (Å²) in [5.41, 5.74) is 0.814. The fraction of sp³-hybridized carbons (Fsp3) is 0.125. The molecule has 0 spiro atoms. The topological polar surface area (TPSA) is 55.4 Å². The number of hydrogen-bond acceptors (Lipinski definition) is 3. The molecule has 7 heteroatoms. The van der Waals surface area contributed by atoms with Crippen LogP contribution < -0.4 is 5.32 Å². The Morgan fingerprint density at radius 3 is 2.52 bits per heavy atom. The van der Waals surface area contributed by atoms with Gasteiger partial charge in [-0.05, 0) is 29.8 Å². The first-order valence-electron chi connectivity index (χ1n) is 6.59. The Hall–Kier alpha value is -2.11. The maximum absolute atomic E-state index is 13.0. The molecule has 1 amide bonds. The first-order valence-corrected chi connectivity index (χ1v) is 7.35. The van der Waals surface area contributed by atoms with Gasteiger partial charge in [0.15, 0.2) is 6.61 Å². The fourth-order valence-corrected chi connectivity index (χ4v) is 2.11. The molecule has 1 N–H and O–H groups in total. The maximum atomic E-state index is 13.0. The Kier molecular flexibility index (Phi) is 5.96. The molecule has 0 aromatic heterocycles. The van der Waals surface area contributed by atoms with Crippen LogP contribution in [-0.2, 0) is 16.1 Å². The number of halogens is 3. The van der Waals surface area contributed by atoms with E-state index in [0.29, 0.717) is 5.02 Å². The third-order valence-corrected chi connectivity index (χ3v) is 3.58. The second kappa shape index (κ2) is 7.94. The largest absolute Gasteiger partial charge is 0.452 e. The third kappa shape index (κ3) is 4.94. The number of esters is 1. The van der Waals surface area contributed by atoms with Gasteiger partial charge in [-0.1, -0.05) is 41.4 Å². The quantitative estimate of drug-likeness (QED) is 0.833. The Morgan fingerprint density at radius 1 is 1.09 bits per heavy atom. The summed E-state index contributed by atoms with van der Waals surface area (Å²) in [7, 11) is 0. The van der Waals surface area contributed by atoms with Gasteiger partial charge in [0.1, 0.15) is 5.82 Å². The van der Waals surface area contributed by atoms with E-state index >= 15 is 0 Å². The molecule has 0 unspecified atom stereocenters. The number of carbonyl (C=O) groups excluding carboxylic acids is 2. The van der Waals surface area contributed by atoms with Crippen LogP contribution in [0.2, 0.25) is 10.0 Å². The first-order chi connectivity index (χ1) is 11.0. The number of benzene rings is 2. The summed E-state index contributed by atoms with van der Waals surface area (Å²) in [6, 6.07) is 10.5. The van der Waals surface area contributed by atoms with Gasteiger partial charge in [-0.25, -0.2) is 9.18 Å². The number of hydrogen-bond donors (Lipinski definition) is 1. The Morgan fingerprint density at radius 2 is 1.83 bits per heavy atom. The molecule has 0 fully saturated rings. The lowest BCUT2D eigenvalue weighted by molar-refractivity contribution is -0.124. The van der Waals surface area contributed by atoms with Gasteiger partial charge in [0.25, 0.3) is 5.91 Å². The predicted octanol–water partition coefficient (Wildman–Crippen LogP) is 3.61. The van der Waals surface area contributed by atoms with Gasteiger partial charge in [0.2, 0.25) is 0 Å². The molecule has 0 aliphatic heterocycles. The molecule has 2 rings (SSSR count). The average Bonchev–Trinajstić information content (AvgIpc) is 2.54. The third-order valence-electron chi connectivity index (χ3n) is 2.92. The van der Waals surface area contributed by atoms with Crippen molar-refractivity contribution in [2.75, 3.05) is 6.61 Å². The van der Waals surface area contributed by atoms with Gasteiger partial charge in [-0.15, -0.1) is 0 Å². The van der Waals surface area contributed by atoms with Crippen molar-refractivity contribution >= 4 is 35.1 Å². The highest BCUT2D eigenvalue weighted by atomic mass is 35.5. The van der Waals surface area contributed by atoms with Gasteiger partial charge < -0.3 is 10.1 Å². The molecule has 0 heterocycles. The summed E-state index contributed by atoms with van der Waals surface area (Å²) in [5, 5.41) is 2.92. The average molecular weight is 356 g/mol. The molecule has 23 heavy (non-hydrogen) atoms. The normalized spacial score (nSPS) is 10.2. The van der Waals surface area contributed by atoms with Gasteiger partial charge in [0.05, 0.1) is 10.6 Å². The van der Waals surface area contributed by atoms with Gasteiger partial charge >= 0.3 is 5.97 Å². The van der Waals surface area contributed by atoms with E-state index in [4.69, 9.17) is 27.9 Å². The van der Waals surface area contributed by atoms with Crippen LogP contribution >= 0.6 is 23.2 Å². The Labute approximate surface area is 142 Å². The second-order valence-corrected chi connectivity index (χ2v) is 5.39. The Bertz CT molecular complexity index is 737. The van der Waals surface area contributed by atoms with Crippen molar-refractivity contribution in [2.45, 2.75) is 6.54 Å². The highest BCUT2D eigenvalue weighted by Gasteiger charge is 2.12. The van der Waals surface area contributed by atoms with Crippen molar-refractivity contribution < 1.29 is 18.7 Å². The zero-order chi connectivity index (χ0) is 16.8. The summed E-state index contributed by atoms with van der Waals surface area (Å²) >= 11 is 11.5. The standard InChI is InChI=1S/C16H12Cl2FNO3/c17-12-4-2-1-3-11(12)8-20-15(21)9-23-16(22)10-5-6-14(19)13(18)7-10/h1-7H,8-9H2,(H,20,21). The zero-order valence-corrected chi connectivity index (χ0v) is 13.3. The van der Waals surface area contributed by atoms with Crippen LogP contribution in [0, 0.1) is 5.82 Å². The lowest BCUT2D eigenvalue weighted by Crippen LogP contribution is -2.28. The minimum atomic E-state index is -0.764. The maximum Gasteiger partial charge on any atom is 0.338 e. The lowest BCUT2D eigenvalue weighted by atomic mass is 10.2. The fourth-order valence-electron chi connectivity index (χ4n) is 1.72. The molecule has 120 valence electrons. The molecular formula is C16H12Cl2FNO3. The van der Waals surface area contributed by atoms with Crippen LogP contribution in [0.3, 0.4) is 0 Å². The van der Waals surface area contributed by atoms with Crippen LogP contribution in [0.4, 0.5) is 4.39 Å². The van der Waals surface area contributed by atoms with Crippen molar-refractivity contribution in [3.8, 4) is 0 Å². The molecule has 0 saturated carbocycles. The number of ether oxygens (including phenoxy) is 1. The van der Waals surface area contributed by atoms with Crippen molar-refractivity contribution in [1.29, 1.82) is 0 Å². The van der Waals surface area contributed by atoms with Crippen molar-refractivity contribution in [2.24, 2.45) is 0 Å². The first kappa shape index (κ1) is 17.2. The van der Waals surface area contributed by atoms with E-state index in [2.05, 4.69) is 5.32 Å². The van der Waals surface area contributed by atoms with Gasteiger partial charge in [-0.2, -0.15) is 0 Å². The Balaban J connectivity index is 1.83.